The molecule has 0 N–H and O–H groups in total. The second kappa shape index (κ2) is 10.3. The Morgan fingerprint density at radius 1 is 0.708 bits per heavy atom. The summed E-state index contributed by atoms with van der Waals surface area (Å²) in [6.07, 6.45) is 4.07. The number of hydrogen-bond donors (Lipinski definition) is 0. The number of hydrogen-bond acceptors (Lipinski definition) is 0. The third kappa shape index (κ3) is 6.29. The lowest BCUT2D eigenvalue weighted by Gasteiger charge is -2.26. The highest BCUT2D eigenvalue weighted by atomic mass is 79.9. The Balaban J connectivity index is 2.10. The molecule has 2 rings (SSSR count). The first-order chi connectivity index (χ1) is 11.6. The lowest BCUT2D eigenvalue weighted by Crippen LogP contribution is -2.21. The van der Waals surface area contributed by atoms with Crippen LogP contribution in [0.3, 0.4) is 0 Å². The van der Waals surface area contributed by atoms with Crippen molar-refractivity contribution in [3.63, 3.8) is 0 Å². The van der Waals surface area contributed by atoms with E-state index < -0.39 is 0 Å². The fourth-order valence-electron chi connectivity index (χ4n) is 3.04. The molecule has 0 fully saturated rings. The predicted octanol–water partition coefficient (Wildman–Crippen LogP) is 6.55. The zero-order chi connectivity index (χ0) is 17.4. The molecule has 2 aromatic rings. The maximum absolute atomic E-state index is 13.1. The fraction of sp³-hybridized carbons (Fsp3) is 0.400. The lowest BCUT2D eigenvalue weighted by atomic mass is 9.81. The molecule has 0 bridgehead atoms. The summed E-state index contributed by atoms with van der Waals surface area (Å²) in [5.41, 5.74) is 2.32. The first-order valence-corrected chi connectivity index (χ1v) is 10.5. The van der Waals surface area contributed by atoms with Crippen LogP contribution in [0.1, 0.15) is 24.0 Å². The van der Waals surface area contributed by atoms with Gasteiger partial charge in [-0.05, 0) is 72.9 Å². The van der Waals surface area contributed by atoms with Gasteiger partial charge in [-0.2, -0.15) is 0 Å². The van der Waals surface area contributed by atoms with Crippen LogP contribution >= 0.6 is 31.9 Å². The SMILES string of the molecule is Fc1ccc(C[C@@H](CBr)[C@H](CCCBr)Cc2ccc(F)cc2)cc1. The van der Waals surface area contributed by atoms with Crippen molar-refractivity contribution in [3.8, 4) is 0 Å². The maximum atomic E-state index is 13.1. The maximum Gasteiger partial charge on any atom is 0.123 e. The zero-order valence-corrected chi connectivity index (χ0v) is 16.7. The van der Waals surface area contributed by atoms with Gasteiger partial charge in [0.25, 0.3) is 0 Å². The van der Waals surface area contributed by atoms with Crippen LogP contribution in [-0.4, -0.2) is 10.7 Å². The smallest absolute Gasteiger partial charge is 0.123 e. The number of alkyl halides is 2. The predicted molar refractivity (Wildman–Crippen MR) is 104 cm³/mol. The van der Waals surface area contributed by atoms with Gasteiger partial charge in [0, 0.05) is 10.7 Å². The van der Waals surface area contributed by atoms with Gasteiger partial charge in [0.05, 0.1) is 0 Å². The Hall–Kier alpha value is -0.740. The highest BCUT2D eigenvalue weighted by Crippen LogP contribution is 2.28. The topological polar surface area (TPSA) is 0 Å². The van der Waals surface area contributed by atoms with Gasteiger partial charge in [0.1, 0.15) is 11.6 Å². The van der Waals surface area contributed by atoms with Crippen LogP contribution in [0.5, 0.6) is 0 Å². The largest absolute Gasteiger partial charge is 0.207 e. The van der Waals surface area contributed by atoms with E-state index in [4.69, 9.17) is 0 Å². The molecule has 0 aliphatic rings. The molecule has 2 aromatic carbocycles. The summed E-state index contributed by atoms with van der Waals surface area (Å²) in [7, 11) is 0. The third-order valence-electron chi connectivity index (χ3n) is 4.40. The van der Waals surface area contributed by atoms with Gasteiger partial charge in [0.2, 0.25) is 0 Å². The third-order valence-corrected chi connectivity index (χ3v) is 5.79. The van der Waals surface area contributed by atoms with Crippen LogP contribution in [0.4, 0.5) is 8.78 Å². The zero-order valence-electron chi connectivity index (χ0n) is 13.5. The van der Waals surface area contributed by atoms with Crippen molar-refractivity contribution in [2.75, 3.05) is 10.7 Å². The van der Waals surface area contributed by atoms with E-state index in [1.165, 1.54) is 29.8 Å². The summed E-state index contributed by atoms with van der Waals surface area (Å²) < 4.78 is 26.2. The first-order valence-electron chi connectivity index (χ1n) is 8.23. The highest BCUT2D eigenvalue weighted by molar-refractivity contribution is 9.09. The summed E-state index contributed by atoms with van der Waals surface area (Å²) >= 11 is 7.18. The normalized spacial score (nSPS) is 13.7. The number of halogens is 4. The van der Waals surface area contributed by atoms with E-state index in [9.17, 15) is 8.78 Å². The van der Waals surface area contributed by atoms with Gasteiger partial charge >= 0.3 is 0 Å². The van der Waals surface area contributed by atoms with E-state index in [0.717, 1.165) is 41.9 Å². The molecule has 24 heavy (non-hydrogen) atoms. The van der Waals surface area contributed by atoms with Crippen LogP contribution in [0, 0.1) is 23.5 Å². The van der Waals surface area contributed by atoms with E-state index in [1.54, 1.807) is 0 Å². The molecule has 0 aliphatic heterocycles. The van der Waals surface area contributed by atoms with Crippen LogP contribution in [0.2, 0.25) is 0 Å². The average molecular weight is 460 g/mol. The van der Waals surface area contributed by atoms with Crippen LogP contribution in [0.25, 0.3) is 0 Å². The minimum atomic E-state index is -0.198. The standard InChI is InChI=1S/C20H22Br2F2/c21-11-1-2-17(12-15-3-7-19(23)8-4-15)18(14-22)13-16-5-9-20(24)10-6-16/h3-10,17-18H,1-2,11-14H2/t17-,18+/m1/s1. The minimum absolute atomic E-state index is 0.195. The van der Waals surface area contributed by atoms with E-state index in [2.05, 4.69) is 31.9 Å². The monoisotopic (exact) mass is 458 g/mol. The molecule has 0 saturated carbocycles. The second-order valence-corrected chi connectivity index (χ2v) is 7.61. The molecule has 2 atom stereocenters. The van der Waals surface area contributed by atoms with Gasteiger partial charge in [0.15, 0.2) is 0 Å². The van der Waals surface area contributed by atoms with Gasteiger partial charge in [-0.1, -0.05) is 56.1 Å². The van der Waals surface area contributed by atoms with Crippen molar-refractivity contribution in [1.29, 1.82) is 0 Å². The molecular formula is C20H22Br2F2. The number of benzene rings is 2. The van der Waals surface area contributed by atoms with Gasteiger partial charge < -0.3 is 0 Å². The summed E-state index contributed by atoms with van der Waals surface area (Å²) in [5.74, 6) is 0.562. The number of rotatable bonds is 9. The summed E-state index contributed by atoms with van der Waals surface area (Å²) in [4.78, 5) is 0. The highest BCUT2D eigenvalue weighted by Gasteiger charge is 2.21. The van der Waals surface area contributed by atoms with Gasteiger partial charge in [-0.15, -0.1) is 0 Å². The summed E-state index contributed by atoms with van der Waals surface area (Å²) in [5, 5.41) is 1.89. The first kappa shape index (κ1) is 19.6. The summed E-state index contributed by atoms with van der Waals surface area (Å²) in [6, 6.07) is 13.6. The molecule has 0 saturated heterocycles. The molecular weight excluding hydrogens is 438 g/mol. The van der Waals surface area contributed by atoms with E-state index in [0.29, 0.717) is 11.8 Å². The molecule has 0 unspecified atom stereocenters. The van der Waals surface area contributed by atoms with Crippen molar-refractivity contribution in [2.45, 2.75) is 25.7 Å². The molecule has 4 heteroatoms. The van der Waals surface area contributed by atoms with Crippen molar-refractivity contribution in [1.82, 2.24) is 0 Å². The lowest BCUT2D eigenvalue weighted by molar-refractivity contribution is 0.336. The van der Waals surface area contributed by atoms with Crippen molar-refractivity contribution in [2.24, 2.45) is 11.8 Å². The Kier molecular flexibility index (Phi) is 8.40. The second-order valence-electron chi connectivity index (χ2n) is 6.17. The van der Waals surface area contributed by atoms with Crippen LogP contribution in [-0.2, 0) is 12.8 Å². The Morgan fingerprint density at radius 2 is 1.17 bits per heavy atom. The van der Waals surface area contributed by atoms with Gasteiger partial charge in [-0.3, -0.25) is 0 Å². The molecule has 0 amide bonds. The quantitative estimate of drug-likeness (QED) is 0.373. The van der Waals surface area contributed by atoms with Crippen molar-refractivity contribution >= 4 is 31.9 Å². The van der Waals surface area contributed by atoms with E-state index in [1.807, 2.05) is 24.3 Å². The molecule has 0 aromatic heterocycles. The van der Waals surface area contributed by atoms with E-state index >= 15 is 0 Å². The Labute approximate surface area is 159 Å². The average Bonchev–Trinajstić information content (AvgIpc) is 2.60. The molecule has 0 radical (unpaired) electrons. The molecule has 0 nitrogen and oxygen atoms in total. The minimum Gasteiger partial charge on any atom is -0.207 e. The Morgan fingerprint density at radius 3 is 1.58 bits per heavy atom. The van der Waals surface area contributed by atoms with Crippen molar-refractivity contribution < 1.29 is 8.78 Å². The fourth-order valence-corrected chi connectivity index (χ4v) is 4.12. The molecule has 130 valence electrons. The molecule has 0 aliphatic carbocycles. The molecule has 0 heterocycles. The van der Waals surface area contributed by atoms with Crippen LogP contribution in [0.15, 0.2) is 48.5 Å². The summed E-state index contributed by atoms with van der Waals surface area (Å²) in [6.45, 7) is 0. The van der Waals surface area contributed by atoms with Crippen molar-refractivity contribution in [3.05, 3.63) is 71.3 Å². The Bertz CT molecular complexity index is 596. The van der Waals surface area contributed by atoms with Crippen LogP contribution < -0.4 is 0 Å². The van der Waals surface area contributed by atoms with E-state index in [-0.39, 0.29) is 11.6 Å². The molecule has 0 spiro atoms. The van der Waals surface area contributed by atoms with Gasteiger partial charge in [-0.25, -0.2) is 8.78 Å².